The molecule has 1 fully saturated rings. The van der Waals surface area contributed by atoms with Crippen LogP contribution in [-0.2, 0) is 12.6 Å². The van der Waals surface area contributed by atoms with Crippen molar-refractivity contribution in [1.29, 1.82) is 0 Å². The third-order valence-electron chi connectivity index (χ3n) is 2.72. The molecule has 0 saturated heterocycles. The van der Waals surface area contributed by atoms with Gasteiger partial charge in [0.1, 0.15) is 5.60 Å². The Bertz CT molecular complexity index is 274. The number of aromatic nitrogens is 2. The summed E-state index contributed by atoms with van der Waals surface area (Å²) in [6.07, 6.45) is 7.53. The summed E-state index contributed by atoms with van der Waals surface area (Å²) < 4.78 is 1.91. The van der Waals surface area contributed by atoms with Gasteiger partial charge in [0.2, 0.25) is 0 Å². The molecule has 2 rings (SSSR count). The third kappa shape index (κ3) is 1.05. The Morgan fingerprint density at radius 3 is 2.67 bits per heavy atom. The van der Waals surface area contributed by atoms with Crippen LogP contribution in [-0.4, -0.2) is 14.7 Å². The molecule has 3 heteroatoms. The Kier molecular flexibility index (Phi) is 1.68. The highest BCUT2D eigenvalue weighted by Crippen LogP contribution is 2.37. The van der Waals surface area contributed by atoms with E-state index in [0.29, 0.717) is 0 Å². The average Bonchev–Trinajstić information content (AvgIpc) is 2.59. The minimum absolute atomic E-state index is 0.592. The van der Waals surface area contributed by atoms with Crippen molar-refractivity contribution in [2.45, 2.75) is 31.3 Å². The fraction of sp³-hybridized carbons (Fsp3) is 0.667. The molecule has 1 heterocycles. The van der Waals surface area contributed by atoms with Crippen molar-refractivity contribution in [3.63, 3.8) is 0 Å². The molecule has 0 amide bonds. The second kappa shape index (κ2) is 2.59. The maximum absolute atomic E-state index is 10.2. The normalized spacial score (nSPS) is 21.5. The van der Waals surface area contributed by atoms with Crippen LogP contribution < -0.4 is 0 Å². The highest BCUT2D eigenvalue weighted by atomic mass is 16.3. The van der Waals surface area contributed by atoms with Gasteiger partial charge in [-0.05, 0) is 12.8 Å². The van der Waals surface area contributed by atoms with Crippen LogP contribution in [0.25, 0.3) is 0 Å². The summed E-state index contributed by atoms with van der Waals surface area (Å²) in [4.78, 5) is 4.01. The van der Waals surface area contributed by atoms with Crippen molar-refractivity contribution in [3.05, 3.63) is 18.2 Å². The molecule has 66 valence electrons. The van der Waals surface area contributed by atoms with E-state index in [1.54, 1.807) is 12.5 Å². The molecule has 0 spiro atoms. The van der Waals surface area contributed by atoms with E-state index in [4.69, 9.17) is 0 Å². The molecule has 1 aromatic heterocycles. The van der Waals surface area contributed by atoms with E-state index in [-0.39, 0.29) is 0 Å². The number of imidazole rings is 1. The summed E-state index contributed by atoms with van der Waals surface area (Å²) >= 11 is 0. The van der Waals surface area contributed by atoms with Gasteiger partial charge in [-0.2, -0.15) is 0 Å². The van der Waals surface area contributed by atoms with E-state index in [0.717, 1.165) is 31.4 Å². The van der Waals surface area contributed by atoms with Gasteiger partial charge in [0.15, 0.2) is 0 Å². The van der Waals surface area contributed by atoms with E-state index in [2.05, 4.69) is 4.98 Å². The van der Waals surface area contributed by atoms with Crippen LogP contribution in [0.1, 0.15) is 31.4 Å². The lowest BCUT2D eigenvalue weighted by Gasteiger charge is -2.21. The molecule has 0 atom stereocenters. The minimum Gasteiger partial charge on any atom is -0.384 e. The first-order valence-corrected chi connectivity index (χ1v) is 4.41. The Morgan fingerprint density at radius 1 is 1.50 bits per heavy atom. The zero-order chi connectivity index (χ0) is 8.60. The van der Waals surface area contributed by atoms with Gasteiger partial charge in [-0.3, -0.25) is 0 Å². The molecular weight excluding hydrogens is 152 g/mol. The van der Waals surface area contributed by atoms with Crippen LogP contribution in [0.2, 0.25) is 0 Å². The van der Waals surface area contributed by atoms with Gasteiger partial charge in [-0.25, -0.2) is 4.98 Å². The van der Waals surface area contributed by atoms with Crippen molar-refractivity contribution >= 4 is 0 Å². The molecule has 1 saturated carbocycles. The summed E-state index contributed by atoms with van der Waals surface area (Å²) in [5.74, 6) is 0. The molecular formula is C9H14N2O. The van der Waals surface area contributed by atoms with Crippen molar-refractivity contribution in [1.82, 2.24) is 9.55 Å². The first-order valence-electron chi connectivity index (χ1n) is 4.41. The van der Waals surface area contributed by atoms with Crippen LogP contribution in [0, 0.1) is 0 Å². The number of hydrogen-bond donors (Lipinski definition) is 1. The summed E-state index contributed by atoms with van der Waals surface area (Å²) in [5.41, 5.74) is 0.366. The van der Waals surface area contributed by atoms with E-state index in [9.17, 15) is 5.11 Å². The largest absolute Gasteiger partial charge is 0.384 e. The Labute approximate surface area is 72.0 Å². The van der Waals surface area contributed by atoms with E-state index >= 15 is 0 Å². The molecule has 0 aliphatic heterocycles. The SMILES string of the molecule is Cn1cncc1C1(O)CCCC1. The van der Waals surface area contributed by atoms with Gasteiger partial charge < -0.3 is 9.67 Å². The van der Waals surface area contributed by atoms with Crippen molar-refractivity contribution in [3.8, 4) is 0 Å². The summed E-state index contributed by atoms with van der Waals surface area (Å²) in [7, 11) is 1.93. The first kappa shape index (κ1) is 7.80. The fourth-order valence-electron chi connectivity index (χ4n) is 2.02. The highest BCUT2D eigenvalue weighted by molar-refractivity contribution is 5.11. The monoisotopic (exact) mass is 166 g/mol. The van der Waals surface area contributed by atoms with Gasteiger partial charge in [-0.1, -0.05) is 12.8 Å². The molecule has 0 aromatic carbocycles. The molecule has 0 unspecified atom stereocenters. The number of nitrogens with zero attached hydrogens (tertiary/aromatic N) is 2. The van der Waals surface area contributed by atoms with Gasteiger partial charge in [-0.15, -0.1) is 0 Å². The van der Waals surface area contributed by atoms with Crippen molar-refractivity contribution in [2.75, 3.05) is 0 Å². The molecule has 1 aromatic rings. The first-order chi connectivity index (χ1) is 5.72. The fourth-order valence-corrected chi connectivity index (χ4v) is 2.02. The van der Waals surface area contributed by atoms with Gasteiger partial charge in [0.05, 0.1) is 18.2 Å². The molecule has 0 bridgehead atoms. The van der Waals surface area contributed by atoms with E-state index in [1.807, 2.05) is 11.6 Å². The molecule has 1 aliphatic rings. The van der Waals surface area contributed by atoms with Crippen LogP contribution in [0.3, 0.4) is 0 Å². The zero-order valence-electron chi connectivity index (χ0n) is 7.32. The minimum atomic E-state index is -0.592. The van der Waals surface area contributed by atoms with E-state index in [1.165, 1.54) is 0 Å². The smallest absolute Gasteiger partial charge is 0.106 e. The average molecular weight is 166 g/mol. The van der Waals surface area contributed by atoms with Crippen LogP contribution in [0.15, 0.2) is 12.5 Å². The Morgan fingerprint density at radius 2 is 2.17 bits per heavy atom. The number of hydrogen-bond acceptors (Lipinski definition) is 2. The molecule has 12 heavy (non-hydrogen) atoms. The predicted octanol–water partition coefficient (Wildman–Crippen LogP) is 1.18. The lowest BCUT2D eigenvalue weighted by atomic mass is 9.99. The van der Waals surface area contributed by atoms with Crippen LogP contribution in [0.5, 0.6) is 0 Å². The summed E-state index contributed by atoms with van der Waals surface area (Å²) in [5, 5.41) is 10.2. The van der Waals surface area contributed by atoms with Crippen molar-refractivity contribution in [2.24, 2.45) is 7.05 Å². The zero-order valence-corrected chi connectivity index (χ0v) is 7.32. The predicted molar refractivity (Wildman–Crippen MR) is 45.6 cm³/mol. The third-order valence-corrected chi connectivity index (χ3v) is 2.72. The standard InChI is InChI=1S/C9H14N2O/c1-11-7-10-6-8(11)9(12)4-2-3-5-9/h6-7,12H,2-5H2,1H3. The highest BCUT2D eigenvalue weighted by Gasteiger charge is 2.35. The number of rotatable bonds is 1. The lowest BCUT2D eigenvalue weighted by molar-refractivity contribution is 0.0371. The van der Waals surface area contributed by atoms with E-state index < -0.39 is 5.60 Å². The second-order valence-electron chi connectivity index (χ2n) is 3.63. The van der Waals surface area contributed by atoms with Gasteiger partial charge >= 0.3 is 0 Å². The quantitative estimate of drug-likeness (QED) is 0.680. The second-order valence-corrected chi connectivity index (χ2v) is 3.63. The van der Waals surface area contributed by atoms with Gasteiger partial charge in [0, 0.05) is 7.05 Å². The Balaban J connectivity index is 2.34. The van der Waals surface area contributed by atoms with Crippen molar-refractivity contribution < 1.29 is 5.11 Å². The molecule has 1 aliphatic carbocycles. The number of aryl methyl sites for hydroxylation is 1. The summed E-state index contributed by atoms with van der Waals surface area (Å²) in [6, 6.07) is 0. The maximum atomic E-state index is 10.2. The summed E-state index contributed by atoms with van der Waals surface area (Å²) in [6.45, 7) is 0. The lowest BCUT2D eigenvalue weighted by Crippen LogP contribution is -2.23. The Hall–Kier alpha value is -0.830. The van der Waals surface area contributed by atoms with Crippen LogP contribution in [0.4, 0.5) is 0 Å². The number of aliphatic hydroxyl groups is 1. The maximum Gasteiger partial charge on any atom is 0.106 e. The molecule has 3 nitrogen and oxygen atoms in total. The van der Waals surface area contributed by atoms with Crippen LogP contribution >= 0.6 is 0 Å². The topological polar surface area (TPSA) is 38.0 Å². The molecule has 0 radical (unpaired) electrons. The van der Waals surface area contributed by atoms with Gasteiger partial charge in [0.25, 0.3) is 0 Å². The molecule has 1 N–H and O–H groups in total.